The summed E-state index contributed by atoms with van der Waals surface area (Å²) in [7, 11) is 0. The summed E-state index contributed by atoms with van der Waals surface area (Å²) in [6.07, 6.45) is 1.64. The highest BCUT2D eigenvalue weighted by atomic mass is 79.9. The highest BCUT2D eigenvalue weighted by molar-refractivity contribution is 9.10. The zero-order valence-electron chi connectivity index (χ0n) is 11.1. The molecule has 0 unspecified atom stereocenters. The van der Waals surface area contributed by atoms with Gasteiger partial charge in [-0.3, -0.25) is 0 Å². The first-order valence-electron chi connectivity index (χ1n) is 6.45. The molecule has 0 radical (unpaired) electrons. The fourth-order valence-electron chi connectivity index (χ4n) is 2.19. The van der Waals surface area contributed by atoms with Crippen molar-refractivity contribution in [2.24, 2.45) is 0 Å². The van der Waals surface area contributed by atoms with Gasteiger partial charge in [0.1, 0.15) is 17.3 Å². The van der Waals surface area contributed by atoms with E-state index in [9.17, 15) is 4.39 Å². The van der Waals surface area contributed by atoms with Crippen LogP contribution in [0.1, 0.15) is 5.56 Å². The third kappa shape index (κ3) is 2.69. The van der Waals surface area contributed by atoms with Gasteiger partial charge >= 0.3 is 0 Å². The molecule has 21 heavy (non-hydrogen) atoms. The summed E-state index contributed by atoms with van der Waals surface area (Å²) in [4.78, 5) is 4.26. The Labute approximate surface area is 130 Å². The number of anilines is 1. The molecule has 2 aromatic carbocycles. The Morgan fingerprint density at radius 3 is 2.62 bits per heavy atom. The largest absolute Gasteiger partial charge is 0.383 e. The third-order valence-electron chi connectivity index (χ3n) is 3.28. The number of halogens is 2. The lowest BCUT2D eigenvalue weighted by Crippen LogP contribution is -2.03. The number of rotatable bonds is 3. The Hall–Kier alpha value is -2.14. The van der Waals surface area contributed by atoms with Gasteiger partial charge in [-0.05, 0) is 33.6 Å². The SMILES string of the molecule is Nc1c(-c2cccc(Br)c2F)ncn1Cc1ccccc1. The molecule has 0 aliphatic carbocycles. The molecule has 0 fully saturated rings. The van der Waals surface area contributed by atoms with Gasteiger partial charge in [-0.15, -0.1) is 0 Å². The van der Waals surface area contributed by atoms with Gasteiger partial charge in [-0.2, -0.15) is 0 Å². The molecule has 0 aliphatic heterocycles. The van der Waals surface area contributed by atoms with Crippen molar-refractivity contribution in [3.63, 3.8) is 0 Å². The first kappa shape index (κ1) is 13.8. The van der Waals surface area contributed by atoms with E-state index in [-0.39, 0.29) is 5.82 Å². The molecule has 1 aromatic heterocycles. The number of hydrogen-bond acceptors (Lipinski definition) is 2. The smallest absolute Gasteiger partial charge is 0.146 e. The number of benzene rings is 2. The number of nitrogens with two attached hydrogens (primary N) is 1. The first-order valence-corrected chi connectivity index (χ1v) is 7.25. The molecule has 0 saturated carbocycles. The molecule has 0 bridgehead atoms. The predicted octanol–water partition coefficient (Wildman–Crippen LogP) is 4.08. The molecule has 3 nitrogen and oxygen atoms in total. The Kier molecular flexibility index (Phi) is 3.75. The van der Waals surface area contributed by atoms with Crippen LogP contribution in [0.3, 0.4) is 0 Å². The highest BCUT2D eigenvalue weighted by Gasteiger charge is 2.15. The Morgan fingerprint density at radius 1 is 1.10 bits per heavy atom. The van der Waals surface area contributed by atoms with Gasteiger partial charge in [0.05, 0.1) is 17.3 Å². The second-order valence-electron chi connectivity index (χ2n) is 4.69. The molecule has 1 heterocycles. The maximum atomic E-state index is 14.2. The summed E-state index contributed by atoms with van der Waals surface area (Å²) < 4.78 is 16.4. The van der Waals surface area contributed by atoms with Gasteiger partial charge in [0, 0.05) is 5.56 Å². The van der Waals surface area contributed by atoms with E-state index in [4.69, 9.17) is 5.73 Å². The van der Waals surface area contributed by atoms with Gasteiger partial charge in [0.15, 0.2) is 0 Å². The standard InChI is InChI=1S/C16H13BrFN3/c17-13-8-4-7-12(14(13)18)15-16(19)21(10-20-15)9-11-5-2-1-3-6-11/h1-8,10H,9,19H2. The zero-order valence-corrected chi connectivity index (χ0v) is 12.7. The number of imidazole rings is 1. The summed E-state index contributed by atoms with van der Waals surface area (Å²) >= 11 is 3.18. The quantitative estimate of drug-likeness (QED) is 0.777. The molecular formula is C16H13BrFN3. The van der Waals surface area contributed by atoms with E-state index in [1.54, 1.807) is 24.5 Å². The number of aromatic nitrogens is 2. The van der Waals surface area contributed by atoms with Gasteiger partial charge in [0.2, 0.25) is 0 Å². The average molecular weight is 346 g/mol. The van der Waals surface area contributed by atoms with Crippen molar-refractivity contribution in [3.05, 3.63) is 70.7 Å². The maximum Gasteiger partial charge on any atom is 0.146 e. The number of nitrogen functional groups attached to an aromatic ring is 1. The molecule has 2 N–H and O–H groups in total. The monoisotopic (exact) mass is 345 g/mol. The van der Waals surface area contributed by atoms with Gasteiger partial charge in [-0.25, -0.2) is 9.37 Å². The average Bonchev–Trinajstić information content (AvgIpc) is 2.84. The molecule has 106 valence electrons. The molecule has 5 heteroatoms. The van der Waals surface area contributed by atoms with Crippen LogP contribution in [-0.2, 0) is 6.54 Å². The second kappa shape index (κ2) is 5.69. The van der Waals surface area contributed by atoms with E-state index in [0.29, 0.717) is 28.1 Å². The second-order valence-corrected chi connectivity index (χ2v) is 5.55. The summed E-state index contributed by atoms with van der Waals surface area (Å²) in [5.74, 6) is 0.102. The Bertz CT molecular complexity index is 768. The van der Waals surface area contributed by atoms with Crippen molar-refractivity contribution >= 4 is 21.7 Å². The van der Waals surface area contributed by atoms with Gasteiger partial charge in [-0.1, -0.05) is 36.4 Å². The van der Waals surface area contributed by atoms with Crippen LogP contribution in [0, 0.1) is 5.82 Å². The fourth-order valence-corrected chi connectivity index (χ4v) is 2.56. The van der Waals surface area contributed by atoms with Crippen LogP contribution in [0.25, 0.3) is 11.3 Å². The van der Waals surface area contributed by atoms with Crippen molar-refractivity contribution in [1.82, 2.24) is 9.55 Å². The fraction of sp³-hybridized carbons (Fsp3) is 0.0625. The van der Waals surface area contributed by atoms with Crippen LogP contribution in [0.4, 0.5) is 10.2 Å². The van der Waals surface area contributed by atoms with Crippen LogP contribution in [0.5, 0.6) is 0 Å². The zero-order chi connectivity index (χ0) is 14.8. The van der Waals surface area contributed by atoms with Crippen molar-refractivity contribution in [2.75, 3.05) is 5.73 Å². The lowest BCUT2D eigenvalue weighted by Gasteiger charge is -2.07. The molecule has 0 atom stereocenters. The molecule has 0 amide bonds. The first-order chi connectivity index (χ1) is 10.2. The van der Waals surface area contributed by atoms with Gasteiger partial charge in [0.25, 0.3) is 0 Å². The van der Waals surface area contributed by atoms with Crippen molar-refractivity contribution in [1.29, 1.82) is 0 Å². The van der Waals surface area contributed by atoms with E-state index in [1.807, 2.05) is 34.9 Å². The summed E-state index contributed by atoms with van der Waals surface area (Å²) in [5, 5.41) is 0. The third-order valence-corrected chi connectivity index (χ3v) is 3.89. The minimum atomic E-state index is -0.353. The number of hydrogen-bond donors (Lipinski definition) is 1. The minimum absolute atomic E-state index is 0.353. The van der Waals surface area contributed by atoms with E-state index in [1.165, 1.54) is 0 Å². The maximum absolute atomic E-state index is 14.2. The van der Waals surface area contributed by atoms with E-state index in [0.717, 1.165) is 5.56 Å². The van der Waals surface area contributed by atoms with Crippen LogP contribution < -0.4 is 5.73 Å². The van der Waals surface area contributed by atoms with Crippen LogP contribution in [-0.4, -0.2) is 9.55 Å². The van der Waals surface area contributed by atoms with E-state index in [2.05, 4.69) is 20.9 Å². The highest BCUT2D eigenvalue weighted by Crippen LogP contribution is 2.30. The van der Waals surface area contributed by atoms with Crippen molar-refractivity contribution < 1.29 is 4.39 Å². The van der Waals surface area contributed by atoms with Crippen molar-refractivity contribution in [2.45, 2.75) is 6.54 Å². The minimum Gasteiger partial charge on any atom is -0.383 e. The van der Waals surface area contributed by atoms with Crippen LogP contribution in [0.15, 0.2) is 59.3 Å². The molecule has 3 aromatic rings. The summed E-state index contributed by atoms with van der Waals surface area (Å²) in [6, 6.07) is 15.0. The molecule has 3 rings (SSSR count). The van der Waals surface area contributed by atoms with Gasteiger partial charge < -0.3 is 10.3 Å². The predicted molar refractivity (Wildman–Crippen MR) is 85.3 cm³/mol. The summed E-state index contributed by atoms with van der Waals surface area (Å²) in [5.41, 5.74) is 8.09. The van der Waals surface area contributed by atoms with Crippen LogP contribution in [0.2, 0.25) is 0 Å². The molecular weight excluding hydrogens is 333 g/mol. The molecule has 0 aliphatic rings. The summed E-state index contributed by atoms with van der Waals surface area (Å²) in [6.45, 7) is 0.606. The Morgan fingerprint density at radius 2 is 1.86 bits per heavy atom. The Balaban J connectivity index is 1.98. The topological polar surface area (TPSA) is 43.8 Å². The normalized spacial score (nSPS) is 10.8. The van der Waals surface area contributed by atoms with Crippen LogP contribution >= 0.6 is 15.9 Å². The number of nitrogens with zero attached hydrogens (tertiary/aromatic N) is 2. The molecule has 0 spiro atoms. The lowest BCUT2D eigenvalue weighted by molar-refractivity contribution is 0.624. The van der Waals surface area contributed by atoms with E-state index < -0.39 is 0 Å². The lowest BCUT2D eigenvalue weighted by atomic mass is 10.1. The van der Waals surface area contributed by atoms with E-state index >= 15 is 0 Å². The molecule has 0 saturated heterocycles. The van der Waals surface area contributed by atoms with Crippen molar-refractivity contribution in [3.8, 4) is 11.3 Å².